The van der Waals surface area contributed by atoms with Crippen molar-refractivity contribution in [3.05, 3.63) is 0 Å². The molecule has 2 aliphatic rings. The van der Waals surface area contributed by atoms with E-state index < -0.39 is 0 Å². The van der Waals surface area contributed by atoms with E-state index >= 15 is 0 Å². The van der Waals surface area contributed by atoms with Crippen molar-refractivity contribution in [1.29, 1.82) is 0 Å². The molecule has 0 aliphatic carbocycles. The number of nitrogens with zero attached hydrogens (tertiary/aromatic N) is 1. The number of piperidine rings is 1. The third kappa shape index (κ3) is 3.44. The lowest BCUT2D eigenvalue weighted by molar-refractivity contribution is -0.0114. The molecule has 3 atom stereocenters. The Kier molecular flexibility index (Phi) is 4.62. The van der Waals surface area contributed by atoms with Gasteiger partial charge in [0.15, 0.2) is 0 Å². The van der Waals surface area contributed by atoms with Gasteiger partial charge in [-0.25, -0.2) is 0 Å². The molecule has 1 N–H and O–H groups in total. The Hall–Kier alpha value is -0.120. The maximum atomic E-state index is 5.81. The van der Waals surface area contributed by atoms with E-state index in [1.807, 2.05) is 0 Å². The summed E-state index contributed by atoms with van der Waals surface area (Å²) in [4.78, 5) is 2.52. The minimum Gasteiger partial charge on any atom is -0.377 e. The van der Waals surface area contributed by atoms with Gasteiger partial charge in [0.05, 0.1) is 6.10 Å². The van der Waals surface area contributed by atoms with Crippen LogP contribution in [-0.4, -0.2) is 49.8 Å². The van der Waals surface area contributed by atoms with Gasteiger partial charge in [0, 0.05) is 25.2 Å². The van der Waals surface area contributed by atoms with Gasteiger partial charge in [-0.1, -0.05) is 0 Å². The van der Waals surface area contributed by atoms with Crippen molar-refractivity contribution in [2.75, 3.05) is 26.7 Å². The van der Waals surface area contributed by atoms with Gasteiger partial charge in [-0.05, 0) is 52.6 Å². The largest absolute Gasteiger partial charge is 0.377 e. The summed E-state index contributed by atoms with van der Waals surface area (Å²) in [5.41, 5.74) is 0. The lowest BCUT2D eigenvalue weighted by Gasteiger charge is -2.37. The number of rotatable bonds is 3. The first kappa shape index (κ1) is 12.3. The van der Waals surface area contributed by atoms with Crippen molar-refractivity contribution in [3.8, 4) is 0 Å². The lowest BCUT2D eigenvalue weighted by Crippen LogP contribution is -2.47. The van der Waals surface area contributed by atoms with Crippen LogP contribution in [0.15, 0.2) is 0 Å². The molecule has 0 spiro atoms. The van der Waals surface area contributed by atoms with Crippen LogP contribution in [-0.2, 0) is 4.74 Å². The van der Waals surface area contributed by atoms with Crippen molar-refractivity contribution in [3.63, 3.8) is 0 Å². The van der Waals surface area contributed by atoms with Gasteiger partial charge in [-0.2, -0.15) is 0 Å². The van der Waals surface area contributed by atoms with Crippen LogP contribution >= 0.6 is 0 Å². The average Bonchev–Trinajstić information content (AvgIpc) is 2.30. The smallest absolute Gasteiger partial charge is 0.0702 e. The Labute approximate surface area is 99.5 Å². The molecule has 0 aromatic rings. The molecule has 2 heterocycles. The van der Waals surface area contributed by atoms with E-state index in [0.29, 0.717) is 12.1 Å². The summed E-state index contributed by atoms with van der Waals surface area (Å²) in [7, 11) is 2.26. The second kappa shape index (κ2) is 5.99. The Morgan fingerprint density at radius 2 is 2.19 bits per heavy atom. The van der Waals surface area contributed by atoms with Gasteiger partial charge in [0.25, 0.3) is 0 Å². The SMILES string of the molecule is CC1CC(N(C)CC2CCCCO2)CCN1. The van der Waals surface area contributed by atoms with Crippen LogP contribution in [0.1, 0.15) is 39.0 Å². The first-order valence-corrected chi connectivity index (χ1v) is 6.81. The number of hydrogen-bond acceptors (Lipinski definition) is 3. The summed E-state index contributed by atoms with van der Waals surface area (Å²) in [6, 6.07) is 1.43. The Bertz CT molecular complexity index is 204. The number of likely N-dealkylation sites (N-methyl/N-ethyl adjacent to an activating group) is 1. The molecule has 0 aromatic heterocycles. The summed E-state index contributed by atoms with van der Waals surface area (Å²) >= 11 is 0. The van der Waals surface area contributed by atoms with Crippen LogP contribution in [0.25, 0.3) is 0 Å². The molecule has 0 amide bonds. The standard InChI is InChI=1S/C13H26N2O/c1-11-9-12(6-7-14-11)15(2)10-13-5-3-4-8-16-13/h11-14H,3-10H2,1-2H3. The van der Waals surface area contributed by atoms with E-state index in [2.05, 4.69) is 24.2 Å². The molecule has 0 saturated carbocycles. The molecule has 3 unspecified atom stereocenters. The molecule has 16 heavy (non-hydrogen) atoms. The Morgan fingerprint density at radius 3 is 2.88 bits per heavy atom. The molecule has 2 saturated heterocycles. The topological polar surface area (TPSA) is 24.5 Å². The quantitative estimate of drug-likeness (QED) is 0.791. The van der Waals surface area contributed by atoms with Gasteiger partial charge in [-0.15, -0.1) is 0 Å². The fraction of sp³-hybridized carbons (Fsp3) is 1.00. The number of ether oxygens (including phenoxy) is 1. The highest BCUT2D eigenvalue weighted by molar-refractivity contribution is 4.82. The second-order valence-electron chi connectivity index (χ2n) is 5.46. The first-order valence-electron chi connectivity index (χ1n) is 6.81. The molecule has 2 rings (SSSR count). The van der Waals surface area contributed by atoms with Crippen LogP contribution in [0, 0.1) is 0 Å². The van der Waals surface area contributed by atoms with Gasteiger partial charge in [0.1, 0.15) is 0 Å². The van der Waals surface area contributed by atoms with E-state index in [1.165, 1.54) is 38.6 Å². The fourth-order valence-electron chi connectivity index (χ4n) is 2.93. The van der Waals surface area contributed by atoms with Crippen LogP contribution < -0.4 is 5.32 Å². The molecule has 0 radical (unpaired) electrons. The third-order valence-corrected chi connectivity index (χ3v) is 3.98. The van der Waals surface area contributed by atoms with Crippen molar-refractivity contribution in [2.45, 2.75) is 57.2 Å². The zero-order valence-corrected chi connectivity index (χ0v) is 10.7. The molecular weight excluding hydrogens is 200 g/mol. The maximum Gasteiger partial charge on any atom is 0.0702 e. The van der Waals surface area contributed by atoms with E-state index in [-0.39, 0.29) is 0 Å². The van der Waals surface area contributed by atoms with Crippen LogP contribution in [0.3, 0.4) is 0 Å². The highest BCUT2D eigenvalue weighted by Crippen LogP contribution is 2.18. The second-order valence-corrected chi connectivity index (χ2v) is 5.46. The summed E-state index contributed by atoms with van der Waals surface area (Å²) < 4.78 is 5.81. The van der Waals surface area contributed by atoms with Crippen LogP contribution in [0.5, 0.6) is 0 Å². The summed E-state index contributed by atoms with van der Waals surface area (Å²) in [5, 5.41) is 3.51. The normalized spacial score (nSPS) is 36.6. The zero-order valence-electron chi connectivity index (χ0n) is 10.7. The molecule has 0 aromatic carbocycles. The van der Waals surface area contributed by atoms with Gasteiger partial charge in [-0.3, -0.25) is 0 Å². The van der Waals surface area contributed by atoms with Crippen molar-refractivity contribution >= 4 is 0 Å². The maximum absolute atomic E-state index is 5.81. The monoisotopic (exact) mass is 226 g/mol. The number of hydrogen-bond donors (Lipinski definition) is 1. The highest BCUT2D eigenvalue weighted by Gasteiger charge is 2.24. The number of nitrogens with one attached hydrogen (secondary N) is 1. The highest BCUT2D eigenvalue weighted by atomic mass is 16.5. The van der Waals surface area contributed by atoms with E-state index in [9.17, 15) is 0 Å². The predicted molar refractivity (Wildman–Crippen MR) is 66.7 cm³/mol. The van der Waals surface area contributed by atoms with Crippen molar-refractivity contribution in [2.24, 2.45) is 0 Å². The lowest BCUT2D eigenvalue weighted by atomic mass is 9.98. The van der Waals surface area contributed by atoms with E-state index in [1.54, 1.807) is 0 Å². The van der Waals surface area contributed by atoms with Gasteiger partial charge < -0.3 is 15.0 Å². The average molecular weight is 226 g/mol. The van der Waals surface area contributed by atoms with E-state index in [4.69, 9.17) is 4.74 Å². The first-order chi connectivity index (χ1) is 7.75. The molecule has 0 bridgehead atoms. The van der Waals surface area contributed by atoms with Crippen molar-refractivity contribution < 1.29 is 4.74 Å². The van der Waals surface area contributed by atoms with Gasteiger partial charge in [0.2, 0.25) is 0 Å². The summed E-state index contributed by atoms with van der Waals surface area (Å²) in [6.07, 6.45) is 6.91. The molecular formula is C13H26N2O. The molecule has 2 fully saturated rings. The summed E-state index contributed by atoms with van der Waals surface area (Å²) in [6.45, 7) is 5.55. The Morgan fingerprint density at radius 1 is 1.31 bits per heavy atom. The van der Waals surface area contributed by atoms with Crippen LogP contribution in [0.4, 0.5) is 0 Å². The van der Waals surface area contributed by atoms with Crippen molar-refractivity contribution in [1.82, 2.24) is 10.2 Å². The summed E-state index contributed by atoms with van der Waals surface area (Å²) in [5.74, 6) is 0. The van der Waals surface area contributed by atoms with Crippen LogP contribution in [0.2, 0.25) is 0 Å². The zero-order chi connectivity index (χ0) is 11.4. The minimum atomic E-state index is 0.490. The molecule has 94 valence electrons. The minimum absolute atomic E-state index is 0.490. The van der Waals surface area contributed by atoms with E-state index in [0.717, 1.165) is 19.2 Å². The molecule has 3 heteroatoms. The Balaban J connectivity index is 1.75. The third-order valence-electron chi connectivity index (χ3n) is 3.98. The fourth-order valence-corrected chi connectivity index (χ4v) is 2.93. The predicted octanol–water partition coefficient (Wildman–Crippen LogP) is 1.63. The molecule has 3 nitrogen and oxygen atoms in total. The van der Waals surface area contributed by atoms with Gasteiger partial charge >= 0.3 is 0 Å². The molecule has 2 aliphatic heterocycles.